The third-order valence-corrected chi connectivity index (χ3v) is 3.96. The molecule has 5 nitrogen and oxygen atoms in total. The second-order valence-electron chi connectivity index (χ2n) is 5.36. The third-order valence-electron chi connectivity index (χ3n) is 3.96. The minimum absolute atomic E-state index is 0.131. The van der Waals surface area contributed by atoms with Gasteiger partial charge in [0.1, 0.15) is 6.10 Å². The summed E-state index contributed by atoms with van der Waals surface area (Å²) >= 11 is 0. The molecule has 1 aromatic rings. The number of anilines is 2. The molecule has 2 heterocycles. The maximum atomic E-state index is 11.7. The van der Waals surface area contributed by atoms with E-state index in [9.17, 15) is 4.79 Å². The van der Waals surface area contributed by atoms with E-state index in [2.05, 4.69) is 17.0 Å². The average molecular weight is 276 g/mol. The van der Waals surface area contributed by atoms with Crippen LogP contribution in [0.5, 0.6) is 0 Å². The number of carbonyl (C=O) groups is 1. The standard InChI is InChI=1S/C15H20N2O3/c18-11-14-10-17(15(19)20-14)13-6-4-12(5-7-13)16-8-2-1-3-9-16/h4-7,14,18H,1-3,8-11H2/t14-/m1/s1. The van der Waals surface area contributed by atoms with E-state index in [1.54, 1.807) is 4.90 Å². The first-order valence-corrected chi connectivity index (χ1v) is 7.22. The summed E-state index contributed by atoms with van der Waals surface area (Å²) in [6.07, 6.45) is 3.02. The predicted molar refractivity (Wildman–Crippen MR) is 77.2 cm³/mol. The van der Waals surface area contributed by atoms with Crippen LogP contribution in [-0.2, 0) is 4.74 Å². The molecule has 1 atom stereocenters. The summed E-state index contributed by atoms with van der Waals surface area (Å²) in [6.45, 7) is 2.50. The molecule has 1 aromatic carbocycles. The fraction of sp³-hybridized carbons (Fsp3) is 0.533. The van der Waals surface area contributed by atoms with Crippen molar-refractivity contribution < 1.29 is 14.6 Å². The Bertz CT molecular complexity index is 469. The number of carbonyl (C=O) groups excluding carboxylic acids is 1. The van der Waals surface area contributed by atoms with Crippen LogP contribution in [0.15, 0.2) is 24.3 Å². The van der Waals surface area contributed by atoms with E-state index in [0.29, 0.717) is 6.54 Å². The number of ether oxygens (including phenoxy) is 1. The summed E-state index contributed by atoms with van der Waals surface area (Å²) in [5.41, 5.74) is 2.03. The van der Waals surface area contributed by atoms with E-state index < -0.39 is 6.10 Å². The molecule has 0 aromatic heterocycles. The highest BCUT2D eigenvalue weighted by Gasteiger charge is 2.31. The molecule has 2 fully saturated rings. The average Bonchev–Trinajstić information content (AvgIpc) is 2.89. The van der Waals surface area contributed by atoms with Crippen LogP contribution in [0.1, 0.15) is 19.3 Å². The Kier molecular flexibility index (Phi) is 3.78. The molecule has 2 saturated heterocycles. The second-order valence-corrected chi connectivity index (χ2v) is 5.36. The highest BCUT2D eigenvalue weighted by atomic mass is 16.6. The van der Waals surface area contributed by atoms with Crippen LogP contribution in [0.3, 0.4) is 0 Å². The zero-order valence-electron chi connectivity index (χ0n) is 11.5. The fourth-order valence-corrected chi connectivity index (χ4v) is 2.82. The lowest BCUT2D eigenvalue weighted by Gasteiger charge is -2.29. The van der Waals surface area contributed by atoms with E-state index in [0.717, 1.165) is 18.8 Å². The Balaban J connectivity index is 1.71. The topological polar surface area (TPSA) is 53.0 Å². The van der Waals surface area contributed by atoms with Crippen molar-refractivity contribution in [3.63, 3.8) is 0 Å². The number of piperidine rings is 1. The SMILES string of the molecule is O=C1O[C@@H](CO)CN1c1ccc(N2CCCCC2)cc1. The zero-order valence-corrected chi connectivity index (χ0v) is 11.5. The molecule has 0 bridgehead atoms. The Labute approximate surface area is 118 Å². The van der Waals surface area contributed by atoms with Crippen LogP contribution in [-0.4, -0.2) is 43.5 Å². The number of benzene rings is 1. The van der Waals surface area contributed by atoms with Gasteiger partial charge in [-0.1, -0.05) is 0 Å². The van der Waals surface area contributed by atoms with Crippen molar-refractivity contribution in [1.29, 1.82) is 0 Å². The van der Waals surface area contributed by atoms with Gasteiger partial charge in [0.2, 0.25) is 0 Å². The van der Waals surface area contributed by atoms with Crippen molar-refractivity contribution in [2.45, 2.75) is 25.4 Å². The van der Waals surface area contributed by atoms with Crippen molar-refractivity contribution in [3.8, 4) is 0 Å². The van der Waals surface area contributed by atoms with Gasteiger partial charge in [-0.15, -0.1) is 0 Å². The lowest BCUT2D eigenvalue weighted by atomic mass is 10.1. The van der Waals surface area contributed by atoms with Crippen molar-refractivity contribution >= 4 is 17.5 Å². The van der Waals surface area contributed by atoms with Crippen molar-refractivity contribution in [3.05, 3.63) is 24.3 Å². The smallest absolute Gasteiger partial charge is 0.414 e. The normalized spacial score (nSPS) is 23.1. The molecule has 1 amide bonds. The Morgan fingerprint density at radius 3 is 2.35 bits per heavy atom. The molecule has 0 saturated carbocycles. The van der Waals surface area contributed by atoms with Gasteiger partial charge in [-0.2, -0.15) is 0 Å². The minimum atomic E-state index is -0.413. The summed E-state index contributed by atoms with van der Waals surface area (Å²) < 4.78 is 5.05. The highest BCUT2D eigenvalue weighted by Crippen LogP contribution is 2.26. The Hall–Kier alpha value is -1.75. The molecule has 0 radical (unpaired) electrons. The van der Waals surface area contributed by atoms with Gasteiger partial charge in [0.25, 0.3) is 0 Å². The van der Waals surface area contributed by atoms with E-state index in [4.69, 9.17) is 9.84 Å². The Morgan fingerprint density at radius 2 is 1.75 bits per heavy atom. The molecule has 2 aliphatic rings. The molecule has 108 valence electrons. The number of nitrogens with zero attached hydrogens (tertiary/aromatic N) is 2. The summed E-state index contributed by atoms with van der Waals surface area (Å²) in [7, 11) is 0. The molecule has 5 heteroatoms. The largest absolute Gasteiger partial charge is 0.441 e. The van der Waals surface area contributed by atoms with Gasteiger partial charge in [0.05, 0.1) is 13.2 Å². The van der Waals surface area contributed by atoms with Crippen molar-refractivity contribution in [2.24, 2.45) is 0 Å². The van der Waals surface area contributed by atoms with Crippen molar-refractivity contribution in [1.82, 2.24) is 0 Å². The zero-order chi connectivity index (χ0) is 13.9. The summed E-state index contributed by atoms with van der Waals surface area (Å²) in [5, 5.41) is 9.05. The van der Waals surface area contributed by atoms with E-state index in [-0.39, 0.29) is 12.7 Å². The first-order chi connectivity index (χ1) is 9.78. The number of hydrogen-bond donors (Lipinski definition) is 1. The maximum absolute atomic E-state index is 11.7. The van der Waals surface area contributed by atoms with Crippen LogP contribution in [0.25, 0.3) is 0 Å². The molecule has 0 spiro atoms. The van der Waals surface area contributed by atoms with Gasteiger partial charge in [-0.3, -0.25) is 4.90 Å². The Morgan fingerprint density at radius 1 is 1.10 bits per heavy atom. The monoisotopic (exact) mass is 276 g/mol. The molecule has 1 N–H and O–H groups in total. The molecule has 2 aliphatic heterocycles. The van der Waals surface area contributed by atoms with Crippen LogP contribution < -0.4 is 9.80 Å². The van der Waals surface area contributed by atoms with E-state index in [1.165, 1.54) is 24.9 Å². The number of amides is 1. The van der Waals surface area contributed by atoms with Gasteiger partial charge in [-0.05, 0) is 43.5 Å². The van der Waals surface area contributed by atoms with Gasteiger partial charge in [0, 0.05) is 24.5 Å². The van der Waals surface area contributed by atoms with Gasteiger partial charge < -0.3 is 14.7 Å². The quantitative estimate of drug-likeness (QED) is 0.917. The second kappa shape index (κ2) is 5.71. The van der Waals surface area contributed by atoms with E-state index >= 15 is 0 Å². The lowest BCUT2D eigenvalue weighted by Crippen LogP contribution is -2.29. The van der Waals surface area contributed by atoms with Gasteiger partial charge in [0.15, 0.2) is 0 Å². The molecule has 0 unspecified atom stereocenters. The van der Waals surface area contributed by atoms with E-state index in [1.807, 2.05) is 12.1 Å². The summed E-state index contributed by atoms with van der Waals surface area (Å²) in [6, 6.07) is 8.01. The minimum Gasteiger partial charge on any atom is -0.441 e. The van der Waals surface area contributed by atoms with Crippen LogP contribution in [0, 0.1) is 0 Å². The molecule has 3 rings (SSSR count). The molecular weight excluding hydrogens is 256 g/mol. The highest BCUT2D eigenvalue weighted by molar-refractivity contribution is 5.90. The lowest BCUT2D eigenvalue weighted by molar-refractivity contribution is 0.0963. The first kappa shape index (κ1) is 13.2. The van der Waals surface area contributed by atoms with Gasteiger partial charge in [-0.25, -0.2) is 4.79 Å². The predicted octanol–water partition coefficient (Wildman–Crippen LogP) is 1.99. The van der Waals surface area contributed by atoms with Crippen LogP contribution in [0.2, 0.25) is 0 Å². The molecule has 20 heavy (non-hydrogen) atoms. The van der Waals surface area contributed by atoms with Crippen LogP contribution >= 0.6 is 0 Å². The summed E-state index contributed by atoms with van der Waals surface area (Å²) in [4.78, 5) is 15.7. The fourth-order valence-electron chi connectivity index (χ4n) is 2.82. The van der Waals surface area contributed by atoms with Crippen LogP contribution in [0.4, 0.5) is 16.2 Å². The number of aliphatic hydroxyl groups is 1. The number of aliphatic hydroxyl groups excluding tert-OH is 1. The van der Waals surface area contributed by atoms with Gasteiger partial charge >= 0.3 is 6.09 Å². The summed E-state index contributed by atoms with van der Waals surface area (Å²) in [5.74, 6) is 0. The molecule has 0 aliphatic carbocycles. The first-order valence-electron chi connectivity index (χ1n) is 7.22. The van der Waals surface area contributed by atoms with Crippen molar-refractivity contribution in [2.75, 3.05) is 36.0 Å². The number of hydrogen-bond acceptors (Lipinski definition) is 4. The molecular formula is C15H20N2O3. The third kappa shape index (κ3) is 2.58. The maximum Gasteiger partial charge on any atom is 0.414 e. The number of cyclic esters (lactones) is 1. The number of rotatable bonds is 3.